The second-order valence-corrected chi connectivity index (χ2v) is 5.82. The smallest absolute Gasteiger partial charge is 0.217 e. The van der Waals surface area contributed by atoms with Gasteiger partial charge in [0.05, 0.1) is 5.69 Å². The van der Waals surface area contributed by atoms with E-state index in [0.29, 0.717) is 18.0 Å². The van der Waals surface area contributed by atoms with Crippen molar-refractivity contribution in [1.29, 1.82) is 0 Å². The zero-order valence-corrected chi connectivity index (χ0v) is 12.7. The van der Waals surface area contributed by atoms with Crippen molar-refractivity contribution in [3.63, 3.8) is 0 Å². The van der Waals surface area contributed by atoms with Crippen LogP contribution in [-0.2, 0) is 4.79 Å². The molecule has 5 heteroatoms. The predicted molar refractivity (Wildman–Crippen MR) is 82.6 cm³/mol. The fourth-order valence-electron chi connectivity index (χ4n) is 2.88. The summed E-state index contributed by atoms with van der Waals surface area (Å²) in [4.78, 5) is 13.0. The number of nitrogens with two attached hydrogens (primary N) is 1. The summed E-state index contributed by atoms with van der Waals surface area (Å²) in [5.41, 5.74) is 6.83. The minimum Gasteiger partial charge on any atom is -0.370 e. The van der Waals surface area contributed by atoms with Crippen LogP contribution in [0.3, 0.4) is 0 Å². The summed E-state index contributed by atoms with van der Waals surface area (Å²) in [6.45, 7) is 3.55. The van der Waals surface area contributed by atoms with Crippen LogP contribution in [0.25, 0.3) is 0 Å². The van der Waals surface area contributed by atoms with E-state index in [1.54, 1.807) is 6.07 Å². The normalized spacial score (nSPS) is 17.8. The monoisotopic (exact) mass is 293 g/mol. The summed E-state index contributed by atoms with van der Waals surface area (Å²) >= 11 is 0. The van der Waals surface area contributed by atoms with Crippen LogP contribution in [0.15, 0.2) is 18.2 Å². The molecule has 0 saturated carbocycles. The van der Waals surface area contributed by atoms with Crippen LogP contribution in [-0.4, -0.2) is 26.0 Å². The first-order valence-corrected chi connectivity index (χ1v) is 7.51. The van der Waals surface area contributed by atoms with Crippen molar-refractivity contribution in [3.05, 3.63) is 29.6 Å². The molecule has 4 nitrogen and oxygen atoms in total. The van der Waals surface area contributed by atoms with E-state index in [9.17, 15) is 9.18 Å². The lowest BCUT2D eigenvalue weighted by molar-refractivity contribution is -0.119. The van der Waals surface area contributed by atoms with Crippen LogP contribution >= 0.6 is 0 Å². The average molecular weight is 293 g/mol. The van der Waals surface area contributed by atoms with Crippen molar-refractivity contribution in [2.24, 2.45) is 11.7 Å². The molecule has 2 rings (SSSR count). The van der Waals surface area contributed by atoms with Crippen LogP contribution in [0.2, 0.25) is 0 Å². The molecule has 1 heterocycles. The third-order valence-electron chi connectivity index (χ3n) is 4.35. The number of rotatable bonds is 5. The molecule has 1 saturated heterocycles. The number of amides is 1. The van der Waals surface area contributed by atoms with E-state index in [2.05, 4.69) is 10.2 Å². The van der Waals surface area contributed by atoms with Gasteiger partial charge in [-0.1, -0.05) is 6.07 Å². The standard InChI is InChI=1S/C16H24FN3O/c1-11(19-2)13-3-4-15(14(17)10-13)20-7-5-12(6-8-20)9-16(18)21/h3-4,10-12,19H,5-9H2,1-2H3,(H2,18,21). The second kappa shape index (κ2) is 6.89. The molecule has 1 aromatic carbocycles. The van der Waals surface area contributed by atoms with Gasteiger partial charge in [-0.25, -0.2) is 4.39 Å². The van der Waals surface area contributed by atoms with Crippen LogP contribution in [0.1, 0.15) is 37.8 Å². The Hall–Kier alpha value is -1.62. The summed E-state index contributed by atoms with van der Waals surface area (Å²) in [5, 5.41) is 3.11. The summed E-state index contributed by atoms with van der Waals surface area (Å²) in [6.07, 6.45) is 2.21. The summed E-state index contributed by atoms with van der Waals surface area (Å²) in [6, 6.07) is 5.56. The molecule has 1 aliphatic rings. The van der Waals surface area contributed by atoms with Crippen LogP contribution in [0.5, 0.6) is 0 Å². The fraction of sp³-hybridized carbons (Fsp3) is 0.562. The minimum absolute atomic E-state index is 0.134. The molecule has 0 spiro atoms. The molecule has 0 aliphatic carbocycles. The Labute approximate surface area is 125 Å². The summed E-state index contributed by atoms with van der Waals surface area (Å²) in [5.74, 6) is -0.0848. The Bertz CT molecular complexity index is 498. The Morgan fingerprint density at radius 1 is 1.48 bits per heavy atom. The van der Waals surface area contributed by atoms with Gasteiger partial charge in [0.1, 0.15) is 5.82 Å². The van der Waals surface area contributed by atoms with Gasteiger partial charge in [0.15, 0.2) is 0 Å². The molecule has 0 bridgehead atoms. The number of halogens is 1. The highest BCUT2D eigenvalue weighted by Crippen LogP contribution is 2.28. The van der Waals surface area contributed by atoms with E-state index in [4.69, 9.17) is 5.73 Å². The molecular weight excluding hydrogens is 269 g/mol. The van der Waals surface area contributed by atoms with Gasteiger partial charge in [0.2, 0.25) is 5.91 Å². The second-order valence-electron chi connectivity index (χ2n) is 5.82. The van der Waals surface area contributed by atoms with Crippen molar-refractivity contribution >= 4 is 11.6 Å². The Kier molecular flexibility index (Phi) is 5.17. The first kappa shape index (κ1) is 15.8. The zero-order valence-electron chi connectivity index (χ0n) is 12.7. The first-order valence-electron chi connectivity index (χ1n) is 7.51. The first-order chi connectivity index (χ1) is 10.0. The number of anilines is 1. The van der Waals surface area contributed by atoms with Crippen molar-refractivity contribution < 1.29 is 9.18 Å². The molecule has 3 N–H and O–H groups in total. The van der Waals surface area contributed by atoms with Gasteiger partial charge in [-0.3, -0.25) is 4.79 Å². The SMILES string of the molecule is CNC(C)c1ccc(N2CCC(CC(N)=O)CC2)c(F)c1. The highest BCUT2D eigenvalue weighted by Gasteiger charge is 2.22. The molecule has 1 unspecified atom stereocenters. The van der Waals surface area contributed by atoms with E-state index < -0.39 is 0 Å². The van der Waals surface area contributed by atoms with Gasteiger partial charge < -0.3 is 16.0 Å². The third-order valence-corrected chi connectivity index (χ3v) is 4.35. The van der Waals surface area contributed by atoms with Gasteiger partial charge in [-0.2, -0.15) is 0 Å². The molecule has 1 aliphatic heterocycles. The number of carbonyl (C=O) groups is 1. The van der Waals surface area contributed by atoms with E-state index in [1.165, 1.54) is 0 Å². The number of carbonyl (C=O) groups excluding carboxylic acids is 1. The van der Waals surface area contributed by atoms with E-state index in [0.717, 1.165) is 31.5 Å². The van der Waals surface area contributed by atoms with Crippen molar-refractivity contribution in [2.45, 2.75) is 32.2 Å². The maximum Gasteiger partial charge on any atom is 0.217 e. The lowest BCUT2D eigenvalue weighted by Crippen LogP contribution is -2.35. The summed E-state index contributed by atoms with van der Waals surface area (Å²) in [7, 11) is 1.86. The molecule has 116 valence electrons. The Morgan fingerprint density at radius 3 is 2.67 bits per heavy atom. The number of nitrogens with one attached hydrogen (secondary N) is 1. The molecule has 1 fully saturated rings. The number of hydrogen-bond donors (Lipinski definition) is 2. The van der Waals surface area contributed by atoms with Gasteiger partial charge >= 0.3 is 0 Å². The van der Waals surface area contributed by atoms with E-state index in [-0.39, 0.29) is 17.8 Å². The Balaban J connectivity index is 2.02. The van der Waals surface area contributed by atoms with Crippen LogP contribution in [0.4, 0.5) is 10.1 Å². The maximum absolute atomic E-state index is 14.3. The third kappa shape index (κ3) is 3.94. The summed E-state index contributed by atoms with van der Waals surface area (Å²) < 4.78 is 14.3. The van der Waals surface area contributed by atoms with Crippen molar-refractivity contribution in [2.75, 3.05) is 25.0 Å². The van der Waals surface area contributed by atoms with Gasteiger partial charge in [0.25, 0.3) is 0 Å². The predicted octanol–water partition coefficient (Wildman–Crippen LogP) is 2.20. The molecule has 1 aromatic rings. The molecular formula is C16H24FN3O. The lowest BCUT2D eigenvalue weighted by Gasteiger charge is -2.33. The van der Waals surface area contributed by atoms with Gasteiger partial charge in [0, 0.05) is 25.6 Å². The fourth-order valence-corrected chi connectivity index (χ4v) is 2.88. The highest BCUT2D eigenvalue weighted by atomic mass is 19.1. The van der Waals surface area contributed by atoms with Crippen molar-refractivity contribution in [1.82, 2.24) is 5.32 Å². The average Bonchev–Trinajstić information content (AvgIpc) is 2.47. The molecule has 1 amide bonds. The highest BCUT2D eigenvalue weighted by molar-refractivity contribution is 5.74. The zero-order chi connectivity index (χ0) is 15.4. The lowest BCUT2D eigenvalue weighted by atomic mass is 9.93. The van der Waals surface area contributed by atoms with Crippen molar-refractivity contribution in [3.8, 4) is 0 Å². The van der Waals surface area contributed by atoms with Crippen LogP contribution < -0.4 is 16.0 Å². The van der Waals surface area contributed by atoms with Crippen LogP contribution in [0, 0.1) is 11.7 Å². The van der Waals surface area contributed by atoms with E-state index >= 15 is 0 Å². The Morgan fingerprint density at radius 2 is 2.14 bits per heavy atom. The minimum atomic E-state index is -0.245. The quantitative estimate of drug-likeness (QED) is 0.875. The topological polar surface area (TPSA) is 58.4 Å². The molecule has 21 heavy (non-hydrogen) atoms. The molecule has 1 atom stereocenters. The largest absolute Gasteiger partial charge is 0.370 e. The number of piperidine rings is 1. The van der Waals surface area contributed by atoms with Gasteiger partial charge in [-0.15, -0.1) is 0 Å². The van der Waals surface area contributed by atoms with E-state index in [1.807, 2.05) is 26.1 Å². The maximum atomic E-state index is 14.3. The molecule has 0 aromatic heterocycles. The van der Waals surface area contributed by atoms with Gasteiger partial charge in [-0.05, 0) is 50.4 Å². The number of nitrogens with zero attached hydrogens (tertiary/aromatic N) is 1. The number of primary amides is 1. The number of benzene rings is 1. The molecule has 0 radical (unpaired) electrons. The number of hydrogen-bond acceptors (Lipinski definition) is 3.